The Hall–Kier alpha value is -2.66. The molecule has 2 heterocycles. The number of carbonyl (C=O) groups is 1. The summed E-state index contributed by atoms with van der Waals surface area (Å²) in [6.07, 6.45) is 2.14. The minimum absolute atomic E-state index is 0.0869. The van der Waals surface area contributed by atoms with Crippen LogP contribution in [-0.2, 0) is 11.2 Å². The van der Waals surface area contributed by atoms with Crippen molar-refractivity contribution in [1.29, 1.82) is 0 Å². The van der Waals surface area contributed by atoms with Crippen molar-refractivity contribution < 1.29 is 9.32 Å². The van der Waals surface area contributed by atoms with Crippen molar-refractivity contribution in [3.8, 4) is 11.4 Å². The van der Waals surface area contributed by atoms with Crippen LogP contribution in [0.15, 0.2) is 53.1 Å². The van der Waals surface area contributed by atoms with Gasteiger partial charge in [-0.15, -0.1) is 0 Å². The van der Waals surface area contributed by atoms with Crippen molar-refractivity contribution in [3.05, 3.63) is 70.6 Å². The summed E-state index contributed by atoms with van der Waals surface area (Å²) in [6.45, 7) is 2.75. The minimum Gasteiger partial charge on any atom is -0.337 e. The number of carbonyl (C=O) groups excluding carboxylic acids is 1. The predicted molar refractivity (Wildman–Crippen MR) is 103 cm³/mol. The second-order valence-electron chi connectivity index (χ2n) is 6.87. The summed E-state index contributed by atoms with van der Waals surface area (Å²) in [5.41, 5.74) is 3.00. The van der Waals surface area contributed by atoms with E-state index in [9.17, 15) is 4.79 Å². The zero-order valence-corrected chi connectivity index (χ0v) is 15.8. The van der Waals surface area contributed by atoms with Gasteiger partial charge in [0.15, 0.2) is 0 Å². The molecule has 0 radical (unpaired) electrons. The summed E-state index contributed by atoms with van der Waals surface area (Å²) in [7, 11) is 0. The van der Waals surface area contributed by atoms with Gasteiger partial charge in [0.1, 0.15) is 6.04 Å². The molecule has 1 amide bonds. The fourth-order valence-corrected chi connectivity index (χ4v) is 3.61. The minimum atomic E-state index is -0.164. The molecule has 2 aromatic carbocycles. The largest absolute Gasteiger partial charge is 0.337 e. The molecule has 138 valence electrons. The third-order valence-corrected chi connectivity index (χ3v) is 5.09. The zero-order chi connectivity index (χ0) is 18.8. The quantitative estimate of drug-likeness (QED) is 0.662. The zero-order valence-electron chi connectivity index (χ0n) is 15.1. The first-order valence-electron chi connectivity index (χ1n) is 9.05. The number of halogens is 1. The molecule has 1 fully saturated rings. The number of hydrogen-bond donors (Lipinski definition) is 0. The molecule has 1 atom stereocenters. The first-order chi connectivity index (χ1) is 13.1. The Morgan fingerprint density at radius 3 is 2.85 bits per heavy atom. The van der Waals surface area contributed by atoms with Gasteiger partial charge in [-0.3, -0.25) is 4.79 Å². The van der Waals surface area contributed by atoms with Gasteiger partial charge in [0.2, 0.25) is 17.6 Å². The Labute approximate surface area is 163 Å². The number of hydrogen-bond acceptors (Lipinski definition) is 4. The molecule has 1 aliphatic rings. The first kappa shape index (κ1) is 17.7. The third kappa shape index (κ3) is 3.88. The number of benzene rings is 2. The van der Waals surface area contributed by atoms with Crippen molar-refractivity contribution >= 4 is 17.5 Å². The highest BCUT2D eigenvalue weighted by molar-refractivity contribution is 6.30. The Morgan fingerprint density at radius 1 is 1.26 bits per heavy atom. The van der Waals surface area contributed by atoms with E-state index in [1.165, 1.54) is 5.56 Å². The van der Waals surface area contributed by atoms with Crippen LogP contribution in [0.1, 0.15) is 35.9 Å². The van der Waals surface area contributed by atoms with Crippen LogP contribution in [-0.4, -0.2) is 27.5 Å². The molecule has 1 aromatic heterocycles. The van der Waals surface area contributed by atoms with E-state index in [1.807, 2.05) is 48.2 Å². The van der Waals surface area contributed by atoms with Gasteiger partial charge >= 0.3 is 0 Å². The monoisotopic (exact) mass is 381 g/mol. The van der Waals surface area contributed by atoms with Crippen LogP contribution in [0.25, 0.3) is 11.4 Å². The Balaban J connectivity index is 1.51. The summed E-state index contributed by atoms with van der Waals surface area (Å²) in [4.78, 5) is 19.2. The van der Waals surface area contributed by atoms with E-state index in [0.717, 1.165) is 24.0 Å². The van der Waals surface area contributed by atoms with Crippen molar-refractivity contribution in [2.45, 2.75) is 32.2 Å². The van der Waals surface area contributed by atoms with Gasteiger partial charge in [-0.05, 0) is 37.5 Å². The normalized spacial score (nSPS) is 16.7. The molecule has 4 rings (SSSR count). The van der Waals surface area contributed by atoms with Crippen molar-refractivity contribution in [2.75, 3.05) is 6.54 Å². The van der Waals surface area contributed by atoms with Gasteiger partial charge in [0.25, 0.3) is 0 Å². The van der Waals surface area contributed by atoms with Crippen LogP contribution < -0.4 is 0 Å². The maximum absolute atomic E-state index is 12.8. The van der Waals surface area contributed by atoms with Crippen LogP contribution in [0, 0.1) is 6.92 Å². The average molecular weight is 382 g/mol. The lowest BCUT2D eigenvalue weighted by Crippen LogP contribution is -2.32. The topological polar surface area (TPSA) is 59.2 Å². The van der Waals surface area contributed by atoms with Gasteiger partial charge in [0.05, 0.1) is 6.42 Å². The summed E-state index contributed by atoms with van der Waals surface area (Å²) in [5, 5.41) is 4.70. The molecule has 0 aliphatic carbocycles. The van der Waals surface area contributed by atoms with Gasteiger partial charge in [0, 0.05) is 17.1 Å². The van der Waals surface area contributed by atoms with Crippen LogP contribution in [0.4, 0.5) is 0 Å². The fraction of sp³-hybridized carbons (Fsp3) is 0.286. The van der Waals surface area contributed by atoms with E-state index < -0.39 is 0 Å². The molecule has 0 saturated carbocycles. The molecule has 0 N–H and O–H groups in total. The highest BCUT2D eigenvalue weighted by Gasteiger charge is 2.34. The number of nitrogens with zero attached hydrogens (tertiary/aromatic N) is 3. The lowest BCUT2D eigenvalue weighted by molar-refractivity contribution is -0.131. The SMILES string of the molecule is Cc1ccc(CC(=O)N2CCC[C@@H]2c2nc(-c3cccc(Cl)c3)no2)cc1. The van der Waals surface area contributed by atoms with Crippen LogP contribution in [0.5, 0.6) is 0 Å². The van der Waals surface area contributed by atoms with Crippen molar-refractivity contribution in [3.63, 3.8) is 0 Å². The maximum atomic E-state index is 12.8. The Bertz CT molecular complexity index is 952. The predicted octanol–water partition coefficient (Wildman–Crippen LogP) is 4.60. The van der Waals surface area contributed by atoms with Gasteiger partial charge in [-0.1, -0.05) is 58.7 Å². The number of amides is 1. The molecule has 27 heavy (non-hydrogen) atoms. The maximum Gasteiger partial charge on any atom is 0.249 e. The molecule has 3 aromatic rings. The molecule has 0 unspecified atom stereocenters. The smallest absolute Gasteiger partial charge is 0.249 e. The average Bonchev–Trinajstić information content (AvgIpc) is 3.33. The molecule has 0 bridgehead atoms. The standard InChI is InChI=1S/C21H20ClN3O2/c1-14-7-9-15(10-8-14)12-19(26)25-11-3-6-18(25)21-23-20(24-27-21)16-4-2-5-17(22)13-16/h2,4-5,7-10,13,18H,3,6,11-12H2,1H3/t18-/m1/s1. The number of aryl methyl sites for hydroxylation is 1. The number of likely N-dealkylation sites (tertiary alicyclic amines) is 1. The van der Waals surface area contributed by atoms with Crippen molar-refractivity contribution in [2.24, 2.45) is 0 Å². The molecule has 1 saturated heterocycles. The lowest BCUT2D eigenvalue weighted by atomic mass is 10.1. The molecule has 5 nitrogen and oxygen atoms in total. The highest BCUT2D eigenvalue weighted by atomic mass is 35.5. The fourth-order valence-electron chi connectivity index (χ4n) is 3.42. The third-order valence-electron chi connectivity index (χ3n) is 4.86. The van der Waals surface area contributed by atoms with Crippen LogP contribution in [0.3, 0.4) is 0 Å². The van der Waals surface area contributed by atoms with Gasteiger partial charge in [-0.2, -0.15) is 4.98 Å². The van der Waals surface area contributed by atoms with Gasteiger partial charge in [-0.25, -0.2) is 0 Å². The van der Waals surface area contributed by atoms with Crippen LogP contribution in [0.2, 0.25) is 5.02 Å². The Morgan fingerprint density at radius 2 is 2.07 bits per heavy atom. The molecular formula is C21H20ClN3O2. The summed E-state index contributed by atoms with van der Waals surface area (Å²) < 4.78 is 5.49. The van der Waals surface area contributed by atoms with E-state index in [4.69, 9.17) is 16.1 Å². The van der Waals surface area contributed by atoms with E-state index in [2.05, 4.69) is 10.1 Å². The molecule has 6 heteroatoms. The van der Waals surface area contributed by atoms with Crippen LogP contribution >= 0.6 is 11.6 Å². The second kappa shape index (κ2) is 7.53. The number of aromatic nitrogens is 2. The van der Waals surface area contributed by atoms with Gasteiger partial charge < -0.3 is 9.42 Å². The highest BCUT2D eigenvalue weighted by Crippen LogP contribution is 2.32. The number of rotatable bonds is 4. The Kier molecular flexibility index (Phi) is 4.94. The molecule has 0 spiro atoms. The molecule has 1 aliphatic heterocycles. The first-order valence-corrected chi connectivity index (χ1v) is 9.42. The van der Waals surface area contributed by atoms with E-state index in [-0.39, 0.29) is 11.9 Å². The van der Waals surface area contributed by atoms with E-state index in [1.54, 1.807) is 12.1 Å². The summed E-state index contributed by atoms with van der Waals surface area (Å²) in [5.74, 6) is 1.06. The van der Waals surface area contributed by atoms with E-state index >= 15 is 0 Å². The lowest BCUT2D eigenvalue weighted by Gasteiger charge is -2.22. The summed E-state index contributed by atoms with van der Waals surface area (Å²) in [6, 6.07) is 15.2. The molecular weight excluding hydrogens is 362 g/mol. The second-order valence-corrected chi connectivity index (χ2v) is 7.31. The van der Waals surface area contributed by atoms with E-state index in [0.29, 0.717) is 29.7 Å². The van der Waals surface area contributed by atoms with Crippen molar-refractivity contribution in [1.82, 2.24) is 15.0 Å². The summed E-state index contributed by atoms with van der Waals surface area (Å²) >= 11 is 6.04.